The number of nitro groups is 1. The van der Waals surface area contributed by atoms with Crippen LogP contribution in [0.4, 0.5) is 5.69 Å². The molecule has 1 heterocycles. The highest BCUT2D eigenvalue weighted by atomic mass is 16.6. The van der Waals surface area contributed by atoms with Gasteiger partial charge in [-0.3, -0.25) is 10.1 Å². The molecule has 0 spiro atoms. The summed E-state index contributed by atoms with van der Waals surface area (Å²) in [6, 6.07) is 12.1. The van der Waals surface area contributed by atoms with Gasteiger partial charge in [0.05, 0.1) is 4.92 Å². The predicted molar refractivity (Wildman–Crippen MR) is 72.6 cm³/mol. The molecule has 0 saturated heterocycles. The van der Waals surface area contributed by atoms with E-state index in [9.17, 15) is 10.1 Å². The summed E-state index contributed by atoms with van der Waals surface area (Å²) >= 11 is 0. The smallest absolute Gasteiger partial charge is 0.273 e. The molecule has 0 aliphatic rings. The van der Waals surface area contributed by atoms with Gasteiger partial charge in [-0.1, -0.05) is 24.3 Å². The molecular weight excluding hydrogens is 256 g/mol. The van der Waals surface area contributed by atoms with E-state index < -0.39 is 4.92 Å². The van der Waals surface area contributed by atoms with E-state index in [1.807, 2.05) is 6.07 Å². The number of hydrogen-bond acceptors (Lipinski definition) is 5. The Morgan fingerprint density at radius 2 is 1.90 bits per heavy atom. The zero-order chi connectivity index (χ0) is 14.4. The Hall–Kier alpha value is -2.78. The second-order valence-electron chi connectivity index (χ2n) is 4.11. The van der Waals surface area contributed by atoms with Crippen LogP contribution >= 0.6 is 0 Å². The van der Waals surface area contributed by atoms with Crippen LogP contribution in [0.5, 0.6) is 0 Å². The third-order valence-electron chi connectivity index (χ3n) is 2.82. The second-order valence-corrected chi connectivity index (χ2v) is 4.11. The number of rotatable bonds is 5. The van der Waals surface area contributed by atoms with Gasteiger partial charge < -0.3 is 5.32 Å². The number of nitriles is 1. The normalized spacial score (nSPS) is 9.95. The van der Waals surface area contributed by atoms with Crippen LogP contribution in [0, 0.1) is 21.4 Å². The molecule has 2 aromatic rings. The summed E-state index contributed by atoms with van der Waals surface area (Å²) in [6.45, 7) is 0.791. The molecule has 0 fully saturated rings. The number of nitro benzene ring substituents is 1. The molecule has 0 bridgehead atoms. The van der Waals surface area contributed by atoms with Crippen LogP contribution in [0.1, 0.15) is 16.8 Å². The first-order valence-corrected chi connectivity index (χ1v) is 5.99. The SMILES string of the molecule is N#Cc1ncccc1CNCc1ccccc1[N+](=O)[O-]. The molecule has 1 aromatic carbocycles. The molecule has 100 valence electrons. The lowest BCUT2D eigenvalue weighted by molar-refractivity contribution is -0.385. The van der Waals surface area contributed by atoms with Gasteiger partial charge in [-0.15, -0.1) is 0 Å². The lowest BCUT2D eigenvalue weighted by Gasteiger charge is -2.06. The average Bonchev–Trinajstić information content (AvgIpc) is 2.48. The van der Waals surface area contributed by atoms with Crippen molar-refractivity contribution in [3.05, 3.63) is 69.5 Å². The fourth-order valence-corrected chi connectivity index (χ4v) is 1.85. The zero-order valence-corrected chi connectivity index (χ0v) is 10.6. The topological polar surface area (TPSA) is 91.8 Å². The van der Waals surface area contributed by atoms with Crippen molar-refractivity contribution in [3.8, 4) is 6.07 Å². The summed E-state index contributed by atoms with van der Waals surface area (Å²) in [5, 5.41) is 22.9. The van der Waals surface area contributed by atoms with Gasteiger partial charge in [0.15, 0.2) is 0 Å². The van der Waals surface area contributed by atoms with Gasteiger partial charge in [-0.25, -0.2) is 4.98 Å². The summed E-state index contributed by atoms with van der Waals surface area (Å²) in [4.78, 5) is 14.4. The minimum Gasteiger partial charge on any atom is -0.308 e. The molecular formula is C14H12N4O2. The maximum Gasteiger partial charge on any atom is 0.273 e. The summed E-state index contributed by atoms with van der Waals surface area (Å²) in [7, 11) is 0. The minimum atomic E-state index is -0.401. The molecule has 0 amide bonds. The highest BCUT2D eigenvalue weighted by Crippen LogP contribution is 2.17. The largest absolute Gasteiger partial charge is 0.308 e. The van der Waals surface area contributed by atoms with Crippen LogP contribution in [0.25, 0.3) is 0 Å². The van der Waals surface area contributed by atoms with Crippen LogP contribution < -0.4 is 5.32 Å². The van der Waals surface area contributed by atoms with Crippen molar-refractivity contribution < 1.29 is 4.92 Å². The van der Waals surface area contributed by atoms with Crippen LogP contribution in [0.15, 0.2) is 42.6 Å². The van der Waals surface area contributed by atoms with Gasteiger partial charge in [0, 0.05) is 36.5 Å². The van der Waals surface area contributed by atoms with Gasteiger partial charge in [0.2, 0.25) is 0 Å². The molecule has 0 aliphatic heterocycles. The maximum absolute atomic E-state index is 10.9. The quantitative estimate of drug-likeness (QED) is 0.662. The van der Waals surface area contributed by atoms with E-state index in [0.29, 0.717) is 24.3 Å². The maximum atomic E-state index is 10.9. The Bertz CT molecular complexity index is 664. The monoisotopic (exact) mass is 268 g/mol. The summed E-state index contributed by atoms with van der Waals surface area (Å²) < 4.78 is 0. The van der Waals surface area contributed by atoms with Crippen molar-refractivity contribution in [1.82, 2.24) is 10.3 Å². The number of benzene rings is 1. The third kappa shape index (κ3) is 3.16. The van der Waals surface area contributed by atoms with E-state index in [1.165, 1.54) is 6.07 Å². The number of aromatic nitrogens is 1. The minimum absolute atomic E-state index is 0.0895. The molecule has 0 radical (unpaired) electrons. The van der Waals surface area contributed by atoms with E-state index in [4.69, 9.17) is 5.26 Å². The molecule has 0 atom stereocenters. The van der Waals surface area contributed by atoms with Gasteiger partial charge in [0.1, 0.15) is 11.8 Å². The van der Waals surface area contributed by atoms with Crippen molar-refractivity contribution in [2.45, 2.75) is 13.1 Å². The zero-order valence-electron chi connectivity index (χ0n) is 10.6. The van der Waals surface area contributed by atoms with Crippen LogP contribution in [-0.4, -0.2) is 9.91 Å². The van der Waals surface area contributed by atoms with E-state index in [2.05, 4.69) is 10.3 Å². The summed E-state index contributed by atoms with van der Waals surface area (Å²) in [5.41, 5.74) is 1.84. The molecule has 6 nitrogen and oxygen atoms in total. The molecule has 6 heteroatoms. The molecule has 0 aliphatic carbocycles. The van der Waals surface area contributed by atoms with Gasteiger partial charge in [0.25, 0.3) is 5.69 Å². The van der Waals surface area contributed by atoms with Crippen LogP contribution in [-0.2, 0) is 13.1 Å². The van der Waals surface area contributed by atoms with Crippen LogP contribution in [0.3, 0.4) is 0 Å². The Morgan fingerprint density at radius 3 is 2.65 bits per heavy atom. The van der Waals surface area contributed by atoms with Crippen molar-refractivity contribution in [3.63, 3.8) is 0 Å². The Morgan fingerprint density at radius 1 is 1.20 bits per heavy atom. The molecule has 0 unspecified atom stereocenters. The van der Waals surface area contributed by atoms with E-state index >= 15 is 0 Å². The van der Waals surface area contributed by atoms with Gasteiger partial charge >= 0.3 is 0 Å². The first-order chi connectivity index (χ1) is 9.72. The number of para-hydroxylation sites is 1. The van der Waals surface area contributed by atoms with Crippen molar-refractivity contribution >= 4 is 5.69 Å². The lowest BCUT2D eigenvalue weighted by Crippen LogP contribution is -2.15. The number of nitrogens with zero attached hydrogens (tertiary/aromatic N) is 3. The molecule has 1 aromatic heterocycles. The number of hydrogen-bond donors (Lipinski definition) is 1. The average molecular weight is 268 g/mol. The Labute approximate surface area is 115 Å². The summed E-state index contributed by atoms with van der Waals surface area (Å²) in [6.07, 6.45) is 1.56. The highest BCUT2D eigenvalue weighted by molar-refractivity contribution is 5.39. The lowest BCUT2D eigenvalue weighted by atomic mass is 10.1. The van der Waals surface area contributed by atoms with Crippen molar-refractivity contribution in [2.24, 2.45) is 0 Å². The van der Waals surface area contributed by atoms with E-state index in [0.717, 1.165) is 5.56 Å². The first-order valence-electron chi connectivity index (χ1n) is 5.99. The predicted octanol–water partition coefficient (Wildman–Crippen LogP) is 2.15. The van der Waals surface area contributed by atoms with Gasteiger partial charge in [-0.05, 0) is 6.07 Å². The number of pyridine rings is 1. The van der Waals surface area contributed by atoms with Crippen molar-refractivity contribution in [1.29, 1.82) is 5.26 Å². The highest BCUT2D eigenvalue weighted by Gasteiger charge is 2.11. The molecule has 1 N–H and O–H groups in total. The molecule has 0 saturated carbocycles. The van der Waals surface area contributed by atoms with E-state index in [1.54, 1.807) is 36.5 Å². The third-order valence-corrected chi connectivity index (χ3v) is 2.82. The van der Waals surface area contributed by atoms with Gasteiger partial charge in [-0.2, -0.15) is 5.26 Å². The first kappa shape index (κ1) is 13.6. The Balaban J connectivity index is 2.04. The standard InChI is InChI=1S/C14H12N4O2/c15-8-13-11(5-3-7-17-13)9-16-10-12-4-1-2-6-14(12)18(19)20/h1-7,16H,9-10H2. The second kappa shape index (κ2) is 6.41. The molecule has 2 rings (SSSR count). The fourth-order valence-electron chi connectivity index (χ4n) is 1.85. The Kier molecular flexibility index (Phi) is 4.37. The fraction of sp³-hybridized carbons (Fsp3) is 0.143. The summed E-state index contributed by atoms with van der Waals surface area (Å²) in [5.74, 6) is 0. The van der Waals surface area contributed by atoms with Crippen LogP contribution in [0.2, 0.25) is 0 Å². The van der Waals surface area contributed by atoms with Crippen molar-refractivity contribution in [2.75, 3.05) is 0 Å². The number of nitrogens with one attached hydrogen (secondary N) is 1. The van der Waals surface area contributed by atoms with E-state index in [-0.39, 0.29) is 5.69 Å². The molecule has 20 heavy (non-hydrogen) atoms.